The summed E-state index contributed by atoms with van der Waals surface area (Å²) in [5.41, 5.74) is 1.78. The molecular formula is C23H31NO2. The fraction of sp³-hybridized carbons (Fsp3) is 0.696. The molecule has 26 heavy (non-hydrogen) atoms. The van der Waals surface area contributed by atoms with Crippen LogP contribution in [0.2, 0.25) is 0 Å². The Morgan fingerprint density at radius 3 is 2.23 bits per heavy atom. The van der Waals surface area contributed by atoms with Crippen molar-refractivity contribution in [2.75, 3.05) is 13.2 Å². The van der Waals surface area contributed by atoms with E-state index in [0.717, 1.165) is 30.7 Å². The number of hydrogen-bond donors (Lipinski definition) is 1. The average molecular weight is 354 g/mol. The fourth-order valence-corrected chi connectivity index (χ4v) is 6.93. The first-order valence-corrected chi connectivity index (χ1v) is 10.5. The topological polar surface area (TPSA) is 38.3 Å². The summed E-state index contributed by atoms with van der Waals surface area (Å²) in [7, 11) is 0. The van der Waals surface area contributed by atoms with Gasteiger partial charge in [-0.2, -0.15) is 0 Å². The molecule has 0 radical (unpaired) electrons. The largest absolute Gasteiger partial charge is 0.465 e. The molecule has 5 fully saturated rings. The molecule has 6 rings (SSSR count). The van der Waals surface area contributed by atoms with Gasteiger partial charge in [0.1, 0.15) is 6.61 Å². The number of ether oxygens (including phenoxy) is 1. The van der Waals surface area contributed by atoms with Crippen molar-refractivity contribution in [1.82, 2.24) is 5.32 Å². The molecule has 0 spiro atoms. The first-order chi connectivity index (χ1) is 12.6. The van der Waals surface area contributed by atoms with Gasteiger partial charge in [-0.05, 0) is 80.7 Å². The lowest BCUT2D eigenvalue weighted by Gasteiger charge is -2.57. The molecule has 0 heterocycles. The Morgan fingerprint density at radius 1 is 1.04 bits per heavy atom. The summed E-state index contributed by atoms with van der Waals surface area (Å²) < 4.78 is 5.48. The van der Waals surface area contributed by atoms with Gasteiger partial charge in [-0.1, -0.05) is 30.3 Å². The van der Waals surface area contributed by atoms with Crippen LogP contribution in [0.25, 0.3) is 0 Å². The highest BCUT2D eigenvalue weighted by molar-refractivity contribution is 5.66. The highest BCUT2D eigenvalue weighted by Gasteiger charge is 2.57. The van der Waals surface area contributed by atoms with E-state index in [9.17, 15) is 4.79 Å². The van der Waals surface area contributed by atoms with Crippen LogP contribution in [0.4, 0.5) is 0 Å². The molecule has 3 heteroatoms. The zero-order valence-corrected chi connectivity index (χ0v) is 15.9. The molecule has 3 nitrogen and oxygen atoms in total. The van der Waals surface area contributed by atoms with Crippen LogP contribution in [0.5, 0.6) is 0 Å². The standard InChI is InChI=1S/C23H31NO2/c1-16(25)26-15-23(20-5-3-2-4-6-20)13-21(23)14-24-22-10-17-7-18(11-22)9-19(8-17)12-22/h2-6,17-19,21,24H,7-15H2,1H3/t17?,18?,19?,21-,22?,23+/m0/s1. The smallest absolute Gasteiger partial charge is 0.302 e. The van der Waals surface area contributed by atoms with E-state index in [2.05, 4.69) is 35.6 Å². The molecule has 1 N–H and O–H groups in total. The Bertz CT molecular complexity index is 649. The second-order valence-corrected chi connectivity index (χ2v) is 9.78. The molecule has 140 valence electrons. The maximum atomic E-state index is 11.4. The van der Waals surface area contributed by atoms with E-state index in [0.29, 0.717) is 18.1 Å². The maximum Gasteiger partial charge on any atom is 0.302 e. The van der Waals surface area contributed by atoms with Gasteiger partial charge in [-0.3, -0.25) is 4.79 Å². The Morgan fingerprint density at radius 2 is 1.65 bits per heavy atom. The first kappa shape index (κ1) is 16.8. The second kappa shape index (κ2) is 6.09. The second-order valence-electron chi connectivity index (χ2n) is 9.78. The minimum absolute atomic E-state index is 0.0300. The monoisotopic (exact) mass is 353 g/mol. The molecule has 0 saturated heterocycles. The molecule has 1 aromatic carbocycles. The zero-order valence-electron chi connectivity index (χ0n) is 15.9. The number of esters is 1. The molecule has 5 aliphatic rings. The van der Waals surface area contributed by atoms with E-state index in [4.69, 9.17) is 4.74 Å². The van der Waals surface area contributed by atoms with Crippen LogP contribution < -0.4 is 5.32 Å². The normalized spacial score (nSPS) is 42.7. The predicted octanol–water partition coefficient (Wildman–Crippen LogP) is 4.07. The van der Waals surface area contributed by atoms with Crippen molar-refractivity contribution in [2.24, 2.45) is 23.7 Å². The van der Waals surface area contributed by atoms with Crippen molar-refractivity contribution < 1.29 is 9.53 Å². The van der Waals surface area contributed by atoms with Gasteiger partial charge in [0.15, 0.2) is 0 Å². The predicted molar refractivity (Wildman–Crippen MR) is 102 cm³/mol. The van der Waals surface area contributed by atoms with Crippen molar-refractivity contribution in [1.29, 1.82) is 0 Å². The highest BCUT2D eigenvalue weighted by Crippen LogP contribution is 2.57. The van der Waals surface area contributed by atoms with Gasteiger partial charge in [0.05, 0.1) is 0 Å². The van der Waals surface area contributed by atoms with Gasteiger partial charge in [0.2, 0.25) is 0 Å². The third-order valence-electron chi connectivity index (χ3n) is 7.88. The van der Waals surface area contributed by atoms with Gasteiger partial charge in [-0.25, -0.2) is 0 Å². The summed E-state index contributed by atoms with van der Waals surface area (Å²) in [5, 5.41) is 4.06. The summed E-state index contributed by atoms with van der Waals surface area (Å²) in [6.45, 7) is 3.12. The molecule has 5 saturated carbocycles. The van der Waals surface area contributed by atoms with Gasteiger partial charge in [0, 0.05) is 17.9 Å². The molecular weight excluding hydrogens is 322 g/mol. The fourth-order valence-electron chi connectivity index (χ4n) is 6.93. The Balaban J connectivity index is 1.28. The Hall–Kier alpha value is -1.35. The summed E-state index contributed by atoms with van der Waals surface area (Å²) in [6, 6.07) is 10.7. The van der Waals surface area contributed by atoms with Gasteiger partial charge in [-0.15, -0.1) is 0 Å². The number of benzene rings is 1. The Labute approximate surface area is 156 Å². The SMILES string of the molecule is CC(=O)OC[C@@]1(c2ccccc2)C[C@H]1CNC12CC3CC(CC(C3)C1)C2. The van der Waals surface area contributed by atoms with Crippen LogP contribution in [0.1, 0.15) is 57.4 Å². The van der Waals surface area contributed by atoms with Crippen LogP contribution in [0, 0.1) is 23.7 Å². The summed E-state index contributed by atoms with van der Waals surface area (Å²) in [4.78, 5) is 11.4. The molecule has 0 amide bonds. The quantitative estimate of drug-likeness (QED) is 0.784. The third-order valence-corrected chi connectivity index (χ3v) is 7.88. The average Bonchev–Trinajstić information content (AvgIpc) is 3.33. The van der Waals surface area contributed by atoms with Crippen LogP contribution in [-0.2, 0) is 14.9 Å². The lowest BCUT2D eigenvalue weighted by molar-refractivity contribution is -0.142. The number of carbonyl (C=O) groups is 1. The lowest BCUT2D eigenvalue weighted by atomic mass is 9.53. The maximum absolute atomic E-state index is 11.4. The van der Waals surface area contributed by atoms with E-state index in [-0.39, 0.29) is 11.4 Å². The Kier molecular flexibility index (Phi) is 3.93. The van der Waals surface area contributed by atoms with Gasteiger partial charge >= 0.3 is 5.97 Å². The summed E-state index contributed by atoms with van der Waals surface area (Å²) >= 11 is 0. The van der Waals surface area contributed by atoms with Crippen molar-refractivity contribution >= 4 is 5.97 Å². The summed E-state index contributed by atoms with van der Waals surface area (Å²) in [6.07, 6.45) is 9.79. The number of nitrogens with one attached hydrogen (secondary N) is 1. The highest BCUT2D eigenvalue weighted by atomic mass is 16.5. The number of hydrogen-bond acceptors (Lipinski definition) is 3. The van der Waals surface area contributed by atoms with E-state index in [1.165, 1.54) is 51.0 Å². The van der Waals surface area contributed by atoms with Crippen molar-refractivity contribution in [3.8, 4) is 0 Å². The van der Waals surface area contributed by atoms with Crippen molar-refractivity contribution in [3.63, 3.8) is 0 Å². The van der Waals surface area contributed by atoms with Gasteiger partial charge < -0.3 is 10.1 Å². The van der Waals surface area contributed by atoms with Crippen LogP contribution in [-0.4, -0.2) is 24.7 Å². The molecule has 0 aromatic heterocycles. The van der Waals surface area contributed by atoms with E-state index >= 15 is 0 Å². The van der Waals surface area contributed by atoms with Crippen molar-refractivity contribution in [2.45, 2.75) is 62.8 Å². The third kappa shape index (κ3) is 2.89. The van der Waals surface area contributed by atoms with Crippen molar-refractivity contribution in [3.05, 3.63) is 35.9 Å². The van der Waals surface area contributed by atoms with Crippen LogP contribution >= 0.6 is 0 Å². The molecule has 0 aliphatic heterocycles. The van der Waals surface area contributed by atoms with Crippen LogP contribution in [0.15, 0.2) is 30.3 Å². The minimum atomic E-state index is -0.167. The van der Waals surface area contributed by atoms with E-state index < -0.39 is 0 Å². The van der Waals surface area contributed by atoms with Gasteiger partial charge in [0.25, 0.3) is 0 Å². The molecule has 5 aliphatic carbocycles. The number of rotatable bonds is 6. The minimum Gasteiger partial charge on any atom is -0.465 e. The lowest BCUT2D eigenvalue weighted by Crippen LogP contribution is -2.58. The van der Waals surface area contributed by atoms with E-state index in [1.807, 2.05) is 0 Å². The first-order valence-electron chi connectivity index (χ1n) is 10.5. The summed E-state index contributed by atoms with van der Waals surface area (Å²) in [5.74, 6) is 3.35. The van der Waals surface area contributed by atoms with Crippen LogP contribution in [0.3, 0.4) is 0 Å². The molecule has 1 aromatic rings. The zero-order chi connectivity index (χ0) is 17.8. The molecule has 4 bridgehead atoms. The molecule has 0 unspecified atom stereocenters. The molecule has 2 atom stereocenters. The number of carbonyl (C=O) groups excluding carboxylic acids is 1. The van der Waals surface area contributed by atoms with E-state index in [1.54, 1.807) is 0 Å².